The van der Waals surface area contributed by atoms with Crippen molar-refractivity contribution in [3.63, 3.8) is 0 Å². The number of aromatic nitrogens is 1. The summed E-state index contributed by atoms with van der Waals surface area (Å²) in [4.78, 5) is 12.8. The van der Waals surface area contributed by atoms with Gasteiger partial charge in [0.25, 0.3) is 0 Å². The number of hydrogen-bond donors (Lipinski definition) is 0. The molecule has 0 spiro atoms. The molecule has 0 fully saturated rings. The van der Waals surface area contributed by atoms with Gasteiger partial charge in [0.1, 0.15) is 5.56 Å². The molecule has 1 aromatic heterocycles. The molecule has 0 radical (unpaired) electrons. The first-order chi connectivity index (χ1) is 10.4. The molecule has 0 atom stereocenters. The first-order valence-electron chi connectivity index (χ1n) is 7.12. The summed E-state index contributed by atoms with van der Waals surface area (Å²) in [5.74, 6) is 1.01. The zero-order valence-corrected chi connectivity index (χ0v) is 11.3. The second-order valence-corrected chi connectivity index (χ2v) is 5.45. The van der Waals surface area contributed by atoms with Crippen LogP contribution in [0.4, 0.5) is 0 Å². The van der Waals surface area contributed by atoms with E-state index >= 15 is 0 Å². The maximum atomic E-state index is 12.8. The highest BCUT2D eigenvalue weighted by molar-refractivity contribution is 6.26. The lowest BCUT2D eigenvalue weighted by Crippen LogP contribution is -2.33. The lowest BCUT2D eigenvalue weighted by molar-refractivity contribution is -0.667. The Hall–Kier alpha value is -2.68. The van der Waals surface area contributed by atoms with E-state index in [9.17, 15) is 4.79 Å². The molecule has 1 aliphatic heterocycles. The van der Waals surface area contributed by atoms with E-state index in [1.807, 2.05) is 48.5 Å². The van der Waals surface area contributed by atoms with Crippen molar-refractivity contribution in [2.75, 3.05) is 6.61 Å². The molecule has 2 heterocycles. The molecule has 3 nitrogen and oxygen atoms in total. The van der Waals surface area contributed by atoms with Crippen molar-refractivity contribution in [3.05, 3.63) is 59.7 Å². The molecule has 0 amide bonds. The van der Waals surface area contributed by atoms with Crippen molar-refractivity contribution in [2.24, 2.45) is 0 Å². The van der Waals surface area contributed by atoms with Crippen LogP contribution in [0.1, 0.15) is 15.9 Å². The number of ether oxygens (including phenoxy) is 1. The number of fused-ring (bicyclic) bond motifs is 8. The minimum absolute atomic E-state index is 0.124. The minimum Gasteiger partial charge on any atom is -0.437 e. The van der Waals surface area contributed by atoms with Crippen molar-refractivity contribution < 1.29 is 14.1 Å². The van der Waals surface area contributed by atoms with Crippen LogP contribution in [0.3, 0.4) is 0 Å². The highest BCUT2D eigenvalue weighted by atomic mass is 16.5. The van der Waals surface area contributed by atoms with Gasteiger partial charge in [-0.1, -0.05) is 36.4 Å². The topological polar surface area (TPSA) is 30.2 Å². The van der Waals surface area contributed by atoms with Crippen LogP contribution in [0.15, 0.2) is 48.5 Å². The third-order valence-electron chi connectivity index (χ3n) is 4.39. The van der Waals surface area contributed by atoms with Crippen LogP contribution in [0.25, 0.3) is 22.0 Å². The predicted molar refractivity (Wildman–Crippen MR) is 78.5 cm³/mol. The van der Waals surface area contributed by atoms with Crippen molar-refractivity contribution in [1.82, 2.24) is 0 Å². The van der Waals surface area contributed by atoms with Gasteiger partial charge in [0.15, 0.2) is 13.2 Å². The molecular weight excluding hydrogens is 262 g/mol. The summed E-state index contributed by atoms with van der Waals surface area (Å²) in [6.45, 7) is 1.46. The normalized spacial score (nSPS) is 14.8. The van der Waals surface area contributed by atoms with Gasteiger partial charge in [-0.3, -0.25) is 4.79 Å². The van der Waals surface area contributed by atoms with Crippen molar-refractivity contribution in [3.8, 4) is 17.1 Å². The molecule has 0 N–H and O–H groups in total. The molecule has 0 saturated heterocycles. The van der Waals surface area contributed by atoms with E-state index < -0.39 is 0 Å². The van der Waals surface area contributed by atoms with E-state index in [0.29, 0.717) is 6.61 Å². The summed E-state index contributed by atoms with van der Waals surface area (Å²) >= 11 is 0. The third-order valence-corrected chi connectivity index (χ3v) is 4.39. The number of ketones is 1. The smallest absolute Gasteiger partial charge is 0.376 e. The quantitative estimate of drug-likeness (QED) is 0.462. The fourth-order valence-electron chi connectivity index (χ4n) is 3.53. The standard InChI is InChI=1S/C18H12NO2/c20-17-13-7-3-2-6-12(13)16-15(17)11-5-1-4-8-14(11)18-19(16)9-10-21-18/h1-8H,9-10H2/q+1. The number of carbonyl (C=O) groups excluding carboxylic acids is 1. The molecule has 100 valence electrons. The van der Waals surface area contributed by atoms with Crippen LogP contribution < -0.4 is 9.30 Å². The number of carbonyl (C=O) groups is 1. The van der Waals surface area contributed by atoms with E-state index in [2.05, 4.69) is 4.57 Å². The van der Waals surface area contributed by atoms with Crippen molar-refractivity contribution in [2.45, 2.75) is 6.54 Å². The van der Waals surface area contributed by atoms with Crippen LogP contribution >= 0.6 is 0 Å². The first kappa shape index (κ1) is 11.0. The fraction of sp³-hybridized carbons (Fsp3) is 0.111. The second-order valence-electron chi connectivity index (χ2n) is 5.45. The summed E-state index contributed by atoms with van der Waals surface area (Å²) < 4.78 is 7.99. The summed E-state index contributed by atoms with van der Waals surface area (Å²) in [5.41, 5.74) is 3.66. The van der Waals surface area contributed by atoms with Gasteiger partial charge in [0.05, 0.1) is 10.9 Å². The Kier molecular flexibility index (Phi) is 1.94. The predicted octanol–water partition coefficient (Wildman–Crippen LogP) is 2.73. The summed E-state index contributed by atoms with van der Waals surface area (Å²) in [5, 5.41) is 2.01. The molecule has 21 heavy (non-hydrogen) atoms. The van der Waals surface area contributed by atoms with E-state index in [1.54, 1.807) is 0 Å². The molecule has 0 bridgehead atoms. The Morgan fingerprint density at radius 1 is 0.905 bits per heavy atom. The van der Waals surface area contributed by atoms with Gasteiger partial charge in [-0.05, 0) is 12.1 Å². The van der Waals surface area contributed by atoms with Crippen LogP contribution in [-0.4, -0.2) is 12.4 Å². The Morgan fingerprint density at radius 2 is 1.62 bits per heavy atom. The Morgan fingerprint density at radius 3 is 2.48 bits per heavy atom. The fourth-order valence-corrected chi connectivity index (χ4v) is 3.53. The van der Waals surface area contributed by atoms with Crippen LogP contribution in [0, 0.1) is 0 Å². The molecule has 3 aromatic rings. The number of nitrogens with zero attached hydrogens (tertiary/aromatic N) is 1. The van der Waals surface area contributed by atoms with Gasteiger partial charge in [0, 0.05) is 10.9 Å². The van der Waals surface area contributed by atoms with E-state index in [0.717, 1.165) is 45.6 Å². The molecule has 0 saturated carbocycles. The minimum atomic E-state index is 0.124. The van der Waals surface area contributed by atoms with Crippen LogP contribution in [0.2, 0.25) is 0 Å². The summed E-state index contributed by atoms with van der Waals surface area (Å²) in [7, 11) is 0. The highest BCUT2D eigenvalue weighted by Gasteiger charge is 2.41. The molecule has 0 unspecified atom stereocenters. The maximum absolute atomic E-state index is 12.8. The summed E-state index contributed by atoms with van der Waals surface area (Å²) in [6, 6.07) is 15.9. The Balaban J connectivity index is 2.04. The van der Waals surface area contributed by atoms with Gasteiger partial charge >= 0.3 is 5.88 Å². The highest BCUT2D eigenvalue weighted by Crippen LogP contribution is 2.41. The zero-order valence-electron chi connectivity index (χ0n) is 11.3. The van der Waals surface area contributed by atoms with E-state index in [-0.39, 0.29) is 5.78 Å². The molecule has 2 aliphatic rings. The zero-order chi connectivity index (χ0) is 14.0. The van der Waals surface area contributed by atoms with Crippen LogP contribution in [0.5, 0.6) is 5.88 Å². The van der Waals surface area contributed by atoms with Gasteiger partial charge in [-0.25, -0.2) is 0 Å². The average molecular weight is 274 g/mol. The molecule has 3 heteroatoms. The van der Waals surface area contributed by atoms with E-state index in [4.69, 9.17) is 4.74 Å². The monoisotopic (exact) mass is 274 g/mol. The third kappa shape index (κ3) is 1.24. The largest absolute Gasteiger partial charge is 0.437 e. The molecule has 2 aromatic carbocycles. The van der Waals surface area contributed by atoms with Gasteiger partial charge in [0.2, 0.25) is 11.5 Å². The lowest BCUT2D eigenvalue weighted by atomic mass is 10.0. The van der Waals surface area contributed by atoms with Crippen LogP contribution in [-0.2, 0) is 6.54 Å². The Bertz CT molecular complexity index is 943. The second kappa shape index (κ2) is 3.70. The number of hydrogen-bond acceptors (Lipinski definition) is 2. The maximum Gasteiger partial charge on any atom is 0.376 e. The number of rotatable bonds is 0. The van der Waals surface area contributed by atoms with Crippen molar-refractivity contribution in [1.29, 1.82) is 0 Å². The first-order valence-corrected chi connectivity index (χ1v) is 7.12. The van der Waals surface area contributed by atoms with Gasteiger partial charge < -0.3 is 4.74 Å². The van der Waals surface area contributed by atoms with E-state index in [1.165, 1.54) is 0 Å². The van der Waals surface area contributed by atoms with Gasteiger partial charge in [-0.15, -0.1) is 0 Å². The summed E-state index contributed by atoms with van der Waals surface area (Å²) in [6.07, 6.45) is 0. The average Bonchev–Trinajstić information content (AvgIpc) is 3.12. The number of pyridine rings is 1. The lowest BCUT2D eigenvalue weighted by Gasteiger charge is -2.05. The molecular formula is C18H12NO2+. The van der Waals surface area contributed by atoms with Gasteiger partial charge in [-0.2, -0.15) is 4.57 Å². The molecule has 5 rings (SSSR count). The Labute approximate surface area is 121 Å². The molecule has 1 aliphatic carbocycles. The number of benzene rings is 2. The van der Waals surface area contributed by atoms with Crippen molar-refractivity contribution >= 4 is 16.6 Å². The SMILES string of the molecule is O=C1c2ccccc2-c2c1c1ccccc1c1[n+]2CCO1.